The van der Waals surface area contributed by atoms with Gasteiger partial charge in [0.05, 0.1) is 6.04 Å². The van der Waals surface area contributed by atoms with Gasteiger partial charge in [-0.2, -0.15) is 0 Å². The molecule has 0 bridgehead atoms. The Morgan fingerprint density at radius 3 is 2.53 bits per heavy atom. The Labute approximate surface area is 114 Å². The standard InChI is InChI=1S/C15H20N4/c1-18-10-9-17-15(18)14(13-5-3-2-4-6-13)19-11-7-16-8-12-19/h2-6,9-10,14,16H,7-8,11-12H2,1H3/t14-/m0/s1. The van der Waals surface area contributed by atoms with Crippen LogP contribution in [0.4, 0.5) is 0 Å². The van der Waals surface area contributed by atoms with E-state index in [0.29, 0.717) is 0 Å². The number of nitrogens with zero attached hydrogens (tertiary/aromatic N) is 3. The van der Waals surface area contributed by atoms with Crippen molar-refractivity contribution in [3.8, 4) is 0 Å². The second-order valence-electron chi connectivity index (χ2n) is 5.00. The minimum Gasteiger partial charge on any atom is -0.336 e. The number of imidazole rings is 1. The summed E-state index contributed by atoms with van der Waals surface area (Å²) in [5.74, 6) is 1.12. The first kappa shape index (κ1) is 12.4. The van der Waals surface area contributed by atoms with Crippen LogP contribution in [0.3, 0.4) is 0 Å². The monoisotopic (exact) mass is 256 g/mol. The maximum Gasteiger partial charge on any atom is 0.130 e. The van der Waals surface area contributed by atoms with Crippen LogP contribution in [0, 0.1) is 0 Å². The maximum absolute atomic E-state index is 4.57. The van der Waals surface area contributed by atoms with Gasteiger partial charge in [0.1, 0.15) is 5.82 Å². The Balaban J connectivity index is 1.98. The molecule has 0 radical (unpaired) electrons. The second kappa shape index (κ2) is 5.55. The third kappa shape index (κ3) is 2.55. The molecule has 0 unspecified atom stereocenters. The molecule has 1 fully saturated rings. The lowest BCUT2D eigenvalue weighted by atomic mass is 10.0. The van der Waals surface area contributed by atoms with Gasteiger partial charge in [0.25, 0.3) is 0 Å². The highest BCUT2D eigenvalue weighted by Gasteiger charge is 2.26. The van der Waals surface area contributed by atoms with E-state index in [1.807, 2.05) is 12.4 Å². The highest BCUT2D eigenvalue weighted by Crippen LogP contribution is 2.27. The normalized spacial score (nSPS) is 18.4. The summed E-state index contributed by atoms with van der Waals surface area (Å²) in [6.45, 7) is 4.22. The van der Waals surface area contributed by atoms with Crippen LogP contribution in [-0.2, 0) is 7.05 Å². The summed E-state index contributed by atoms with van der Waals surface area (Å²) >= 11 is 0. The lowest BCUT2D eigenvalue weighted by Crippen LogP contribution is -2.46. The molecular formula is C15H20N4. The van der Waals surface area contributed by atoms with E-state index in [2.05, 4.69) is 57.1 Å². The van der Waals surface area contributed by atoms with Crippen LogP contribution < -0.4 is 5.32 Å². The van der Waals surface area contributed by atoms with Gasteiger partial charge in [0, 0.05) is 45.6 Å². The van der Waals surface area contributed by atoms with Gasteiger partial charge in [-0.05, 0) is 5.56 Å². The first-order chi connectivity index (χ1) is 9.36. The molecule has 1 atom stereocenters. The zero-order valence-corrected chi connectivity index (χ0v) is 11.3. The van der Waals surface area contributed by atoms with Crippen LogP contribution in [0.1, 0.15) is 17.4 Å². The number of hydrogen-bond donors (Lipinski definition) is 1. The summed E-state index contributed by atoms with van der Waals surface area (Å²) < 4.78 is 2.12. The SMILES string of the molecule is Cn1ccnc1[C@H](c1ccccc1)N1CCNCC1. The number of rotatable bonds is 3. The van der Waals surface area contributed by atoms with E-state index < -0.39 is 0 Å². The first-order valence-corrected chi connectivity index (χ1v) is 6.83. The first-order valence-electron chi connectivity index (χ1n) is 6.83. The molecular weight excluding hydrogens is 236 g/mol. The highest BCUT2D eigenvalue weighted by molar-refractivity contribution is 5.25. The summed E-state index contributed by atoms with van der Waals surface area (Å²) in [5.41, 5.74) is 1.32. The molecule has 1 aromatic carbocycles. The van der Waals surface area contributed by atoms with Crippen molar-refractivity contribution in [2.24, 2.45) is 7.05 Å². The Morgan fingerprint density at radius 2 is 1.89 bits per heavy atom. The number of aryl methyl sites for hydroxylation is 1. The molecule has 2 aromatic rings. The molecule has 3 rings (SSSR count). The molecule has 1 aromatic heterocycles. The summed E-state index contributed by atoms with van der Waals surface area (Å²) in [6, 6.07) is 10.9. The van der Waals surface area contributed by atoms with E-state index in [4.69, 9.17) is 0 Å². The van der Waals surface area contributed by atoms with Gasteiger partial charge in [-0.3, -0.25) is 4.90 Å². The average Bonchev–Trinajstić information content (AvgIpc) is 2.88. The van der Waals surface area contributed by atoms with Crippen molar-refractivity contribution >= 4 is 0 Å². The lowest BCUT2D eigenvalue weighted by Gasteiger charge is -2.34. The van der Waals surface area contributed by atoms with Crippen molar-refractivity contribution in [1.29, 1.82) is 0 Å². The molecule has 4 nitrogen and oxygen atoms in total. The summed E-state index contributed by atoms with van der Waals surface area (Å²) in [6.07, 6.45) is 3.90. The number of nitrogens with one attached hydrogen (secondary N) is 1. The quantitative estimate of drug-likeness (QED) is 0.901. The fourth-order valence-corrected chi connectivity index (χ4v) is 2.74. The third-order valence-electron chi connectivity index (χ3n) is 3.74. The van der Waals surface area contributed by atoms with Gasteiger partial charge in [0.15, 0.2) is 0 Å². The lowest BCUT2D eigenvalue weighted by molar-refractivity contribution is 0.190. The minimum absolute atomic E-state index is 0.253. The predicted octanol–water partition coefficient (Wildman–Crippen LogP) is 1.41. The molecule has 0 amide bonds. The van der Waals surface area contributed by atoms with Crippen molar-refractivity contribution in [3.05, 3.63) is 54.1 Å². The van der Waals surface area contributed by atoms with Crippen LogP contribution in [0.25, 0.3) is 0 Å². The molecule has 1 saturated heterocycles. The average molecular weight is 256 g/mol. The van der Waals surface area contributed by atoms with Gasteiger partial charge in [0.2, 0.25) is 0 Å². The Morgan fingerprint density at radius 1 is 1.16 bits per heavy atom. The molecule has 0 saturated carbocycles. The number of benzene rings is 1. The summed E-state index contributed by atoms with van der Waals surface area (Å²) in [5, 5.41) is 3.41. The maximum atomic E-state index is 4.57. The number of aromatic nitrogens is 2. The molecule has 0 aliphatic carbocycles. The minimum atomic E-state index is 0.253. The van der Waals surface area contributed by atoms with E-state index in [-0.39, 0.29) is 6.04 Å². The zero-order chi connectivity index (χ0) is 13.1. The Bertz CT molecular complexity index is 514. The van der Waals surface area contributed by atoms with Gasteiger partial charge in [-0.25, -0.2) is 4.98 Å². The van der Waals surface area contributed by atoms with Crippen molar-refractivity contribution in [3.63, 3.8) is 0 Å². The van der Waals surface area contributed by atoms with E-state index in [9.17, 15) is 0 Å². The predicted molar refractivity (Wildman–Crippen MR) is 75.9 cm³/mol. The molecule has 19 heavy (non-hydrogen) atoms. The van der Waals surface area contributed by atoms with Crippen molar-refractivity contribution < 1.29 is 0 Å². The molecule has 2 heterocycles. The number of hydrogen-bond acceptors (Lipinski definition) is 3. The second-order valence-corrected chi connectivity index (χ2v) is 5.00. The van der Waals surface area contributed by atoms with Crippen molar-refractivity contribution in [1.82, 2.24) is 19.8 Å². The zero-order valence-electron chi connectivity index (χ0n) is 11.3. The molecule has 1 aliphatic rings. The highest BCUT2D eigenvalue weighted by atomic mass is 15.2. The summed E-state index contributed by atoms with van der Waals surface area (Å²) in [4.78, 5) is 7.08. The van der Waals surface area contributed by atoms with Crippen LogP contribution in [0.5, 0.6) is 0 Å². The van der Waals surface area contributed by atoms with Crippen LogP contribution in [-0.4, -0.2) is 40.6 Å². The number of piperazine rings is 1. The van der Waals surface area contributed by atoms with Gasteiger partial charge >= 0.3 is 0 Å². The molecule has 0 spiro atoms. The Kier molecular flexibility index (Phi) is 3.62. The van der Waals surface area contributed by atoms with Crippen LogP contribution in [0.15, 0.2) is 42.7 Å². The summed E-state index contributed by atoms with van der Waals surface area (Å²) in [7, 11) is 2.07. The van der Waals surface area contributed by atoms with E-state index in [0.717, 1.165) is 32.0 Å². The molecule has 1 aliphatic heterocycles. The third-order valence-corrected chi connectivity index (χ3v) is 3.74. The van der Waals surface area contributed by atoms with Crippen LogP contribution >= 0.6 is 0 Å². The smallest absolute Gasteiger partial charge is 0.130 e. The molecule has 100 valence electrons. The van der Waals surface area contributed by atoms with E-state index in [1.54, 1.807) is 0 Å². The van der Waals surface area contributed by atoms with Gasteiger partial charge in [-0.15, -0.1) is 0 Å². The van der Waals surface area contributed by atoms with Gasteiger partial charge < -0.3 is 9.88 Å². The van der Waals surface area contributed by atoms with E-state index >= 15 is 0 Å². The van der Waals surface area contributed by atoms with Crippen molar-refractivity contribution in [2.75, 3.05) is 26.2 Å². The fourth-order valence-electron chi connectivity index (χ4n) is 2.74. The topological polar surface area (TPSA) is 33.1 Å². The molecule has 1 N–H and O–H groups in total. The molecule has 4 heteroatoms. The van der Waals surface area contributed by atoms with Crippen LogP contribution in [0.2, 0.25) is 0 Å². The van der Waals surface area contributed by atoms with Gasteiger partial charge in [-0.1, -0.05) is 30.3 Å². The van der Waals surface area contributed by atoms with E-state index in [1.165, 1.54) is 5.56 Å². The van der Waals surface area contributed by atoms with Crippen molar-refractivity contribution in [2.45, 2.75) is 6.04 Å². The Hall–Kier alpha value is -1.65. The fraction of sp³-hybridized carbons (Fsp3) is 0.400. The largest absolute Gasteiger partial charge is 0.336 e.